The number of nitrogens with zero attached hydrogens (tertiary/aromatic N) is 3. The smallest absolute Gasteiger partial charge is 0.341 e. The van der Waals surface area contributed by atoms with Crippen molar-refractivity contribution in [2.45, 2.75) is 130 Å². The Kier molecular flexibility index (Phi) is 15.6. The normalized spacial score (nSPS) is 27.3. The third-order valence-electron chi connectivity index (χ3n) is 16.3. The summed E-state index contributed by atoms with van der Waals surface area (Å²) in [4.78, 5) is 70.5. The molecule has 1 saturated heterocycles. The maximum Gasteiger partial charge on any atom is 0.341 e. The number of carbonyl (C=O) groups is 4. The Labute approximate surface area is 444 Å². The maximum absolute atomic E-state index is 16.4. The summed E-state index contributed by atoms with van der Waals surface area (Å²) in [6.45, 7) is 14.5. The Morgan fingerprint density at radius 3 is 2.26 bits per heavy atom. The van der Waals surface area contributed by atoms with E-state index in [1.54, 1.807) is 53.8 Å². The molecule has 7 N–H and O–H groups in total. The number of halogens is 1. The molecule has 414 valence electrons. The number of likely N-dealkylation sites (N-methyl/N-ethyl adjacent to an activating group) is 1. The number of phenolic OH excluding ortho intramolecular Hbond substituents is 3. The fourth-order valence-corrected chi connectivity index (χ4v) is 11.5. The van der Waals surface area contributed by atoms with Crippen molar-refractivity contribution >= 4 is 51.3 Å². The zero-order valence-electron chi connectivity index (χ0n) is 45.1. The number of aliphatic hydroxyl groups excluding tert-OH is 2. The number of benzene rings is 2. The van der Waals surface area contributed by atoms with E-state index in [-0.39, 0.29) is 75.2 Å². The molecule has 2 fully saturated rings. The summed E-state index contributed by atoms with van der Waals surface area (Å²) < 4.78 is 41.3. The van der Waals surface area contributed by atoms with Gasteiger partial charge in [-0.3, -0.25) is 28.5 Å². The van der Waals surface area contributed by atoms with Crippen LogP contribution >= 0.6 is 0 Å². The number of methoxy groups -OCH3 is 1. The van der Waals surface area contributed by atoms with Crippen molar-refractivity contribution in [1.29, 1.82) is 0 Å². The number of nitrogens with one attached hydrogen (secondary N) is 1. The standard InChI is InChI=1S/C57H69FN4O15/c1-25-13-12-14-26(2)54(70)59-43-37(23-60(10)34-17-19-61(22-34)45-28(4)44-35(33-15-16-33)21-36(56(72)73)55(71)62(44)24-38(45)58)49(67)40-41(50(43)68)48(66)31(7)52-42(40)53(69)57(9,77-52)75-20-18-39(74-11)27(3)51(76-32(8)63)30(6)47(65)29(5)46(25)64/h12-14,18,20-21,24-25,27,29-30,33-34,39,46-47,51,64-68H,15-17,19,22-23H2,1-11H3,(H,59,70)(H,72,73)/t25-,27+,29+,30+,34?,39-,46-,47+,51+,57-/m0/s1. The van der Waals surface area contributed by atoms with E-state index >= 15 is 4.39 Å². The first-order valence-corrected chi connectivity index (χ1v) is 25.9. The SMILES string of the molecule is CO[C@H]1C=CO[C@@]2(C)Oc3c(C)c(O)c4c(O)c(c(CN(C)C5CCN(c6c(F)cn7c(=O)c(C(=O)O)cc(C8CC8)c7c6C)C5)c(O)c4c3C2=O)NC(=O)C(C)=CC=C[C@H](C)[C@H](O)[C@@H](C)[C@@H](O)[C@@H](C)[C@H](OC(C)=O)[C@@H]1C. The number of fused-ring (bicyclic) bond motifs is 15. The number of carboxylic acid groups (broad SMARTS) is 1. The summed E-state index contributed by atoms with van der Waals surface area (Å²) in [5.41, 5.74) is 0.102. The van der Waals surface area contributed by atoms with Crippen molar-refractivity contribution < 1.29 is 73.2 Å². The molecule has 1 unspecified atom stereocenters. The molecular weight excluding hydrogens is 1000 g/mol. The van der Waals surface area contributed by atoms with Gasteiger partial charge in [0.1, 0.15) is 28.9 Å². The number of carbonyl (C=O) groups excluding carboxylic acids is 3. The molecule has 0 radical (unpaired) electrons. The lowest BCUT2D eigenvalue weighted by atomic mass is 9.78. The van der Waals surface area contributed by atoms with Gasteiger partial charge in [0.25, 0.3) is 17.2 Å². The number of pyridine rings is 2. The second-order valence-electron chi connectivity index (χ2n) is 21.6. The van der Waals surface area contributed by atoms with Gasteiger partial charge < -0.3 is 59.8 Å². The lowest BCUT2D eigenvalue weighted by Gasteiger charge is -2.38. The fraction of sp³-hybridized carbons (Fsp3) is 0.491. The third kappa shape index (κ3) is 10.1. The Hall–Kier alpha value is -7.00. The van der Waals surface area contributed by atoms with Crippen molar-refractivity contribution in [3.8, 4) is 23.0 Å². The molecule has 2 aromatic heterocycles. The number of aromatic hydroxyl groups is 3. The molecule has 0 spiro atoms. The van der Waals surface area contributed by atoms with Crippen molar-refractivity contribution in [2.24, 2.45) is 23.7 Å². The molecule has 19 nitrogen and oxygen atoms in total. The molecule has 20 heteroatoms. The van der Waals surface area contributed by atoms with Gasteiger partial charge in [0.05, 0.1) is 58.6 Å². The number of amides is 1. The number of anilines is 2. The molecule has 6 heterocycles. The second kappa shape index (κ2) is 21.4. The van der Waals surface area contributed by atoms with Crippen LogP contribution in [0.3, 0.4) is 0 Å². The van der Waals surface area contributed by atoms with E-state index in [1.165, 1.54) is 59.3 Å². The fourth-order valence-electron chi connectivity index (χ4n) is 11.5. The molecule has 1 amide bonds. The Morgan fingerprint density at radius 1 is 0.935 bits per heavy atom. The summed E-state index contributed by atoms with van der Waals surface area (Å²) in [5, 5.41) is 71.9. The van der Waals surface area contributed by atoms with Crippen LogP contribution in [0.4, 0.5) is 15.8 Å². The number of Topliss-reactive ketones (excluding diaryl/α,β-unsaturated/α-hetero) is 1. The van der Waals surface area contributed by atoms with Gasteiger partial charge in [-0.2, -0.15) is 0 Å². The summed E-state index contributed by atoms with van der Waals surface area (Å²) in [6.07, 6.45) is 6.33. The van der Waals surface area contributed by atoms with Crippen LogP contribution in [0.5, 0.6) is 23.0 Å². The highest BCUT2D eigenvalue weighted by molar-refractivity contribution is 6.22. The molecule has 1 saturated carbocycles. The number of carboxylic acids is 1. The number of phenols is 3. The summed E-state index contributed by atoms with van der Waals surface area (Å²) in [5.74, 6) is -11.0. The molecule has 2 aromatic carbocycles. The van der Waals surface area contributed by atoms with Crippen LogP contribution in [0.15, 0.2) is 53.2 Å². The predicted octanol–water partition coefficient (Wildman–Crippen LogP) is 7.10. The minimum absolute atomic E-state index is 0.00476. The molecular formula is C57H69FN4O15. The minimum Gasteiger partial charge on any atom is -0.507 e. The van der Waals surface area contributed by atoms with Crippen LogP contribution in [-0.4, -0.2) is 127 Å². The van der Waals surface area contributed by atoms with Gasteiger partial charge in [-0.15, -0.1) is 0 Å². The molecule has 4 aromatic rings. The number of aromatic nitrogens is 1. The maximum atomic E-state index is 16.4. The van der Waals surface area contributed by atoms with Crippen LogP contribution in [-0.2, 0) is 30.3 Å². The van der Waals surface area contributed by atoms with Crippen molar-refractivity contribution in [3.05, 3.63) is 98.0 Å². The van der Waals surface area contributed by atoms with E-state index in [9.17, 15) is 54.6 Å². The molecule has 5 bridgehead atoms. The lowest BCUT2D eigenvalue weighted by molar-refractivity contribution is -0.160. The molecule has 9 rings (SSSR count). The van der Waals surface area contributed by atoms with Crippen LogP contribution < -0.4 is 20.5 Å². The molecule has 77 heavy (non-hydrogen) atoms. The zero-order valence-corrected chi connectivity index (χ0v) is 45.1. The number of ether oxygens (including phenoxy) is 4. The number of aryl methyl sites for hydroxylation is 1. The molecule has 5 aliphatic rings. The third-order valence-corrected chi connectivity index (χ3v) is 16.3. The number of rotatable bonds is 8. The number of allylic oxidation sites excluding steroid dienone is 2. The number of aromatic carboxylic acids is 1. The first kappa shape index (κ1) is 56.2. The van der Waals surface area contributed by atoms with Gasteiger partial charge in [0.15, 0.2) is 11.6 Å². The average Bonchev–Trinajstić information content (AvgIpc) is 4.10. The average molecular weight is 1070 g/mol. The number of aliphatic hydroxyl groups is 2. The molecule has 10 atom stereocenters. The highest BCUT2D eigenvalue weighted by atomic mass is 19.1. The van der Waals surface area contributed by atoms with Gasteiger partial charge in [-0.1, -0.05) is 45.9 Å². The van der Waals surface area contributed by atoms with Crippen molar-refractivity contribution in [2.75, 3.05) is 37.5 Å². The molecule has 4 aliphatic heterocycles. The number of esters is 1. The van der Waals surface area contributed by atoms with Crippen LogP contribution in [0, 0.1) is 43.3 Å². The summed E-state index contributed by atoms with van der Waals surface area (Å²) in [7, 11) is 3.15. The van der Waals surface area contributed by atoms with E-state index in [2.05, 4.69) is 5.32 Å². The van der Waals surface area contributed by atoms with Gasteiger partial charge in [0.2, 0.25) is 0 Å². The van der Waals surface area contributed by atoms with Gasteiger partial charge in [0, 0.05) is 92.4 Å². The number of ketones is 1. The Balaban J connectivity index is 1.21. The largest absolute Gasteiger partial charge is 0.507 e. The van der Waals surface area contributed by atoms with E-state index in [1.807, 2.05) is 9.80 Å². The molecule has 1 aliphatic carbocycles. The highest BCUT2D eigenvalue weighted by Crippen LogP contribution is 2.56. The predicted molar refractivity (Wildman–Crippen MR) is 283 cm³/mol. The Bertz CT molecular complexity index is 3240. The van der Waals surface area contributed by atoms with E-state index < -0.39 is 112 Å². The number of hydrogen-bond acceptors (Lipinski definition) is 16. The first-order chi connectivity index (χ1) is 36.2. The second-order valence-corrected chi connectivity index (χ2v) is 21.6. The summed E-state index contributed by atoms with van der Waals surface area (Å²) in [6, 6.07) is 1.03. The van der Waals surface area contributed by atoms with Crippen LogP contribution in [0.25, 0.3) is 16.3 Å². The van der Waals surface area contributed by atoms with Gasteiger partial charge in [-0.05, 0) is 76.3 Å². The lowest BCUT2D eigenvalue weighted by Crippen LogP contribution is -2.46. The first-order valence-electron chi connectivity index (χ1n) is 25.9. The highest BCUT2D eigenvalue weighted by Gasteiger charge is 2.50. The summed E-state index contributed by atoms with van der Waals surface area (Å²) >= 11 is 0. The van der Waals surface area contributed by atoms with E-state index in [0.29, 0.717) is 29.6 Å². The van der Waals surface area contributed by atoms with E-state index in [0.717, 1.165) is 23.4 Å². The van der Waals surface area contributed by atoms with Gasteiger partial charge in [-0.25, -0.2) is 9.18 Å². The van der Waals surface area contributed by atoms with E-state index in [4.69, 9.17) is 18.9 Å². The minimum atomic E-state index is -2.13. The van der Waals surface area contributed by atoms with Crippen LogP contribution in [0.2, 0.25) is 0 Å². The quantitative estimate of drug-likeness (QED) is 0.0527. The monoisotopic (exact) mass is 1070 g/mol. The number of hydrogen-bond donors (Lipinski definition) is 7. The van der Waals surface area contributed by atoms with Crippen molar-refractivity contribution in [1.82, 2.24) is 9.30 Å². The van der Waals surface area contributed by atoms with Crippen molar-refractivity contribution in [3.63, 3.8) is 0 Å². The van der Waals surface area contributed by atoms with Gasteiger partial charge >= 0.3 is 17.7 Å². The van der Waals surface area contributed by atoms with Crippen LogP contribution in [0.1, 0.15) is 117 Å². The topological polar surface area (TPSA) is 267 Å². The Morgan fingerprint density at radius 2 is 1.62 bits per heavy atom. The zero-order chi connectivity index (χ0) is 56.4.